The molecule has 3 aromatic rings. The van der Waals surface area contributed by atoms with Crippen molar-refractivity contribution in [1.82, 2.24) is 10.8 Å². The highest BCUT2D eigenvalue weighted by atomic mass is 32.1. The fourth-order valence-electron chi connectivity index (χ4n) is 3.00. The van der Waals surface area contributed by atoms with Crippen molar-refractivity contribution in [2.24, 2.45) is 0 Å². The van der Waals surface area contributed by atoms with E-state index in [1.54, 1.807) is 30.3 Å². The van der Waals surface area contributed by atoms with Crippen LogP contribution in [0.5, 0.6) is 5.75 Å². The first-order chi connectivity index (χ1) is 15.1. The summed E-state index contributed by atoms with van der Waals surface area (Å²) in [6.45, 7) is 0.307. The highest BCUT2D eigenvalue weighted by Crippen LogP contribution is 2.14. The van der Waals surface area contributed by atoms with Crippen molar-refractivity contribution >= 4 is 29.2 Å². The molecule has 0 saturated carbocycles. The highest BCUT2D eigenvalue weighted by Gasteiger charge is 2.13. The summed E-state index contributed by atoms with van der Waals surface area (Å²) in [7, 11) is 0. The van der Waals surface area contributed by atoms with Gasteiger partial charge in [-0.1, -0.05) is 72.9 Å². The second kappa shape index (κ2) is 11.6. The van der Waals surface area contributed by atoms with E-state index >= 15 is 0 Å². The SMILES string of the molecule is O=C(C=Cc1ccccc1)N[C@@H](COc1ccc(C(=S)NO)cc1)Cc1ccccc1. The molecule has 0 aliphatic heterocycles. The quantitative estimate of drug-likeness (QED) is 0.269. The summed E-state index contributed by atoms with van der Waals surface area (Å²) in [5, 5.41) is 11.9. The van der Waals surface area contributed by atoms with Gasteiger partial charge in [0, 0.05) is 11.6 Å². The van der Waals surface area contributed by atoms with Crippen LogP contribution in [-0.2, 0) is 11.2 Å². The number of rotatable bonds is 9. The van der Waals surface area contributed by atoms with Gasteiger partial charge in [-0.3, -0.25) is 15.5 Å². The van der Waals surface area contributed by atoms with Crippen molar-refractivity contribution in [3.05, 3.63) is 108 Å². The summed E-state index contributed by atoms with van der Waals surface area (Å²) < 4.78 is 5.91. The number of thiocarbonyl (C=S) groups is 1. The summed E-state index contributed by atoms with van der Waals surface area (Å²) >= 11 is 5.00. The Bertz CT molecular complexity index is 1010. The first-order valence-electron chi connectivity index (χ1n) is 9.89. The van der Waals surface area contributed by atoms with E-state index in [2.05, 4.69) is 5.32 Å². The van der Waals surface area contributed by atoms with E-state index in [4.69, 9.17) is 22.2 Å². The third-order valence-corrected chi connectivity index (χ3v) is 4.89. The Balaban J connectivity index is 1.63. The van der Waals surface area contributed by atoms with Crippen LogP contribution in [0.15, 0.2) is 91.0 Å². The predicted molar refractivity (Wildman–Crippen MR) is 126 cm³/mol. The molecule has 0 unspecified atom stereocenters. The molecule has 0 fully saturated rings. The lowest BCUT2D eigenvalue weighted by molar-refractivity contribution is -0.117. The maximum absolute atomic E-state index is 12.5. The zero-order valence-electron chi connectivity index (χ0n) is 16.9. The number of ether oxygens (including phenoxy) is 1. The lowest BCUT2D eigenvalue weighted by atomic mass is 10.1. The van der Waals surface area contributed by atoms with Crippen LogP contribution in [0.3, 0.4) is 0 Å². The molecule has 0 saturated heterocycles. The van der Waals surface area contributed by atoms with E-state index in [0.717, 1.165) is 11.1 Å². The maximum Gasteiger partial charge on any atom is 0.244 e. The molecule has 0 aromatic heterocycles. The molecule has 158 valence electrons. The number of hydrogen-bond acceptors (Lipinski definition) is 4. The average Bonchev–Trinajstić information content (AvgIpc) is 2.82. The lowest BCUT2D eigenvalue weighted by Crippen LogP contribution is -2.39. The fourth-order valence-corrected chi connectivity index (χ4v) is 3.14. The van der Waals surface area contributed by atoms with Gasteiger partial charge >= 0.3 is 0 Å². The van der Waals surface area contributed by atoms with Crippen LogP contribution in [0, 0.1) is 0 Å². The minimum Gasteiger partial charge on any atom is -0.491 e. The smallest absolute Gasteiger partial charge is 0.244 e. The van der Waals surface area contributed by atoms with Crippen molar-refractivity contribution in [2.75, 3.05) is 6.61 Å². The molecule has 0 spiro atoms. The van der Waals surface area contributed by atoms with Gasteiger partial charge < -0.3 is 10.1 Å². The Morgan fingerprint density at radius 2 is 1.61 bits per heavy atom. The molecule has 0 bridgehead atoms. The molecule has 0 heterocycles. The third kappa shape index (κ3) is 7.37. The summed E-state index contributed by atoms with van der Waals surface area (Å²) in [5.41, 5.74) is 4.72. The van der Waals surface area contributed by atoms with E-state index < -0.39 is 0 Å². The zero-order chi connectivity index (χ0) is 21.9. The van der Waals surface area contributed by atoms with Crippen LogP contribution < -0.4 is 15.5 Å². The lowest BCUT2D eigenvalue weighted by Gasteiger charge is -2.19. The molecule has 3 rings (SSSR count). The van der Waals surface area contributed by atoms with Crippen molar-refractivity contribution in [3.63, 3.8) is 0 Å². The molecule has 6 heteroatoms. The van der Waals surface area contributed by atoms with E-state index in [-0.39, 0.29) is 16.9 Å². The van der Waals surface area contributed by atoms with Gasteiger partial charge in [-0.25, -0.2) is 0 Å². The summed E-state index contributed by atoms with van der Waals surface area (Å²) in [5.74, 6) is 0.472. The summed E-state index contributed by atoms with van der Waals surface area (Å²) in [6, 6.07) is 26.5. The minimum absolute atomic E-state index is 0.178. The van der Waals surface area contributed by atoms with Crippen LogP contribution in [0.1, 0.15) is 16.7 Å². The molecule has 0 aliphatic carbocycles. The molecule has 1 amide bonds. The number of carbonyl (C=O) groups is 1. The predicted octanol–water partition coefficient (Wildman–Crippen LogP) is 4.16. The normalized spacial score (nSPS) is 11.6. The van der Waals surface area contributed by atoms with Gasteiger partial charge in [-0.15, -0.1) is 0 Å². The third-order valence-electron chi connectivity index (χ3n) is 4.57. The molecule has 0 radical (unpaired) electrons. The molecule has 1 atom stereocenters. The molecular formula is C25H24N2O3S. The Labute approximate surface area is 187 Å². The van der Waals surface area contributed by atoms with Crippen LogP contribution in [-0.4, -0.2) is 28.8 Å². The highest BCUT2D eigenvalue weighted by molar-refractivity contribution is 7.80. The molecule has 3 aromatic carbocycles. The van der Waals surface area contributed by atoms with Gasteiger partial charge in [0.15, 0.2) is 0 Å². The van der Waals surface area contributed by atoms with Crippen LogP contribution in [0.25, 0.3) is 6.08 Å². The van der Waals surface area contributed by atoms with Crippen molar-refractivity contribution < 1.29 is 14.7 Å². The first-order valence-corrected chi connectivity index (χ1v) is 10.3. The Kier molecular flexibility index (Phi) is 8.34. The molecule has 5 nitrogen and oxygen atoms in total. The van der Waals surface area contributed by atoms with Gasteiger partial charge in [0.25, 0.3) is 0 Å². The number of amides is 1. The van der Waals surface area contributed by atoms with E-state index in [9.17, 15) is 4.79 Å². The monoisotopic (exact) mass is 432 g/mol. The number of hydroxylamine groups is 1. The van der Waals surface area contributed by atoms with Crippen molar-refractivity contribution in [1.29, 1.82) is 0 Å². The first kappa shape index (κ1) is 22.2. The van der Waals surface area contributed by atoms with Crippen molar-refractivity contribution in [3.8, 4) is 5.75 Å². The van der Waals surface area contributed by atoms with E-state index in [1.165, 1.54) is 6.08 Å². The number of nitrogens with one attached hydrogen (secondary N) is 2. The van der Waals surface area contributed by atoms with Gasteiger partial charge in [0.1, 0.15) is 17.3 Å². The largest absolute Gasteiger partial charge is 0.491 e. The van der Waals surface area contributed by atoms with Gasteiger partial charge in [-0.2, -0.15) is 0 Å². The Morgan fingerprint density at radius 3 is 2.26 bits per heavy atom. The van der Waals surface area contributed by atoms with Crippen LogP contribution in [0.2, 0.25) is 0 Å². The minimum atomic E-state index is -0.213. The summed E-state index contributed by atoms with van der Waals surface area (Å²) in [4.78, 5) is 12.7. The number of hydrogen-bond donors (Lipinski definition) is 3. The standard InChI is InChI=1S/C25H24N2O3S/c28-24(16-11-19-7-3-1-4-8-19)26-22(17-20-9-5-2-6-10-20)18-30-23-14-12-21(13-15-23)25(31)27-29/h1-16,22,29H,17-18H2,(H,26,28)(H,27,31)/t22-/m1/s1. The number of carbonyl (C=O) groups excluding carboxylic acids is 1. The summed E-state index contributed by atoms with van der Waals surface area (Å²) in [6.07, 6.45) is 3.96. The molecule has 3 N–H and O–H groups in total. The Hall–Kier alpha value is -3.48. The van der Waals surface area contributed by atoms with Gasteiger partial charge in [0.2, 0.25) is 5.91 Å². The van der Waals surface area contributed by atoms with E-state index in [1.807, 2.05) is 66.1 Å². The second-order valence-electron chi connectivity index (χ2n) is 6.92. The zero-order valence-corrected chi connectivity index (χ0v) is 17.7. The topological polar surface area (TPSA) is 70.6 Å². The van der Waals surface area contributed by atoms with E-state index in [0.29, 0.717) is 24.3 Å². The Morgan fingerprint density at radius 1 is 0.968 bits per heavy atom. The molecular weight excluding hydrogens is 408 g/mol. The van der Waals surface area contributed by atoms with Crippen molar-refractivity contribution in [2.45, 2.75) is 12.5 Å². The second-order valence-corrected chi connectivity index (χ2v) is 7.32. The molecule has 0 aliphatic rings. The van der Waals surface area contributed by atoms with Crippen LogP contribution >= 0.6 is 12.2 Å². The van der Waals surface area contributed by atoms with Crippen LogP contribution in [0.4, 0.5) is 0 Å². The maximum atomic E-state index is 12.5. The van der Waals surface area contributed by atoms with Gasteiger partial charge in [0.05, 0.1) is 6.04 Å². The number of benzene rings is 3. The molecule has 31 heavy (non-hydrogen) atoms. The average molecular weight is 433 g/mol. The fraction of sp³-hybridized carbons (Fsp3) is 0.120. The van der Waals surface area contributed by atoms with Gasteiger partial charge in [-0.05, 0) is 47.9 Å².